The van der Waals surface area contributed by atoms with Crippen molar-refractivity contribution in [1.29, 1.82) is 0 Å². The van der Waals surface area contributed by atoms with Crippen LogP contribution < -0.4 is 5.32 Å². The molecule has 0 bridgehead atoms. The van der Waals surface area contributed by atoms with Crippen LogP contribution in [0.3, 0.4) is 0 Å². The number of benzene rings is 2. The Balaban J connectivity index is 1.23. The smallest absolute Gasteiger partial charge is 0.337 e. The molecule has 1 heterocycles. The highest BCUT2D eigenvalue weighted by Crippen LogP contribution is 2.83. The number of hydrogen-bond acceptors (Lipinski definition) is 7. The lowest BCUT2D eigenvalue weighted by Gasteiger charge is -2.48. The molecule has 0 spiro atoms. The third-order valence-corrected chi connectivity index (χ3v) is 10.4. The molecule has 0 aromatic heterocycles. The fourth-order valence-electron chi connectivity index (χ4n) is 8.51. The first kappa shape index (κ1) is 27.0. The Labute approximate surface area is 234 Å². The topological polar surface area (TPSA) is 122 Å². The normalized spacial score (nSPS) is 36.3. The van der Waals surface area contributed by atoms with Gasteiger partial charge in [-0.25, -0.2) is 4.79 Å². The van der Waals surface area contributed by atoms with Gasteiger partial charge in [0.15, 0.2) is 6.10 Å². The fraction of sp³-hybridized carbons (Fsp3) is 0.531. The van der Waals surface area contributed by atoms with Crippen molar-refractivity contribution in [3.8, 4) is 0 Å². The van der Waals surface area contributed by atoms with Crippen molar-refractivity contribution in [3.05, 3.63) is 71.8 Å². The first-order valence-corrected chi connectivity index (χ1v) is 14.1. The number of carbonyl (C=O) groups is 3. The molecule has 8 nitrogen and oxygen atoms in total. The third kappa shape index (κ3) is 3.83. The molecule has 1 aliphatic heterocycles. The number of carbonyl (C=O) groups excluding carboxylic acids is 3. The van der Waals surface area contributed by atoms with Gasteiger partial charge in [-0.05, 0) is 61.1 Å². The van der Waals surface area contributed by atoms with Gasteiger partial charge in [0.2, 0.25) is 0 Å². The third-order valence-electron chi connectivity index (χ3n) is 10.4. The summed E-state index contributed by atoms with van der Waals surface area (Å²) < 4.78 is 11.3. The number of rotatable bonds is 7. The molecule has 4 aliphatic rings. The average Bonchev–Trinajstić information content (AvgIpc) is 3.42. The maximum atomic E-state index is 13.4. The Bertz CT molecular complexity index is 1330. The van der Waals surface area contributed by atoms with Gasteiger partial charge >= 0.3 is 11.9 Å². The quantitative estimate of drug-likeness (QED) is 0.454. The van der Waals surface area contributed by atoms with E-state index in [2.05, 4.69) is 19.2 Å². The molecule has 0 unspecified atom stereocenters. The number of cyclic esters (lactones) is 1. The van der Waals surface area contributed by atoms with Gasteiger partial charge in [0.25, 0.3) is 5.91 Å². The van der Waals surface area contributed by atoms with E-state index in [1.807, 2.05) is 6.07 Å². The van der Waals surface area contributed by atoms with Crippen molar-refractivity contribution in [2.24, 2.45) is 34.0 Å². The molecule has 4 fully saturated rings. The predicted octanol–water partition coefficient (Wildman–Crippen LogP) is 3.43. The van der Waals surface area contributed by atoms with Gasteiger partial charge in [-0.15, -0.1) is 0 Å². The SMILES string of the molecule is CC1(C)C[C@H]2[C@H](COC(=O)[C@H](O)[C@@H](NC(=O)c3ccccc3)c3ccccc3)[C@@]34COC(=O)[C@@]3(C4)[C@](C)(O)[C@H]2C1. The van der Waals surface area contributed by atoms with Crippen LogP contribution in [0.2, 0.25) is 0 Å². The summed E-state index contributed by atoms with van der Waals surface area (Å²) in [5, 5.41) is 25.8. The maximum Gasteiger partial charge on any atom is 0.337 e. The van der Waals surface area contributed by atoms with Gasteiger partial charge in [-0.3, -0.25) is 9.59 Å². The number of esters is 2. The molecule has 3 saturated carbocycles. The van der Waals surface area contributed by atoms with E-state index in [-0.39, 0.29) is 42.4 Å². The molecule has 212 valence electrons. The highest BCUT2D eigenvalue weighted by atomic mass is 16.6. The molecule has 2 aromatic rings. The first-order chi connectivity index (χ1) is 18.9. The van der Waals surface area contributed by atoms with Crippen LogP contribution in [0.5, 0.6) is 0 Å². The summed E-state index contributed by atoms with van der Waals surface area (Å²) in [7, 11) is 0. The number of hydrogen-bond donors (Lipinski definition) is 3. The van der Waals surface area contributed by atoms with Crippen LogP contribution in [0.4, 0.5) is 0 Å². The number of aliphatic hydroxyl groups is 2. The van der Waals surface area contributed by atoms with Gasteiger partial charge in [0, 0.05) is 16.9 Å². The van der Waals surface area contributed by atoms with Gasteiger partial charge in [0.1, 0.15) is 5.41 Å². The van der Waals surface area contributed by atoms with Crippen LogP contribution in [0.15, 0.2) is 60.7 Å². The number of nitrogens with one attached hydrogen (secondary N) is 1. The molecule has 0 radical (unpaired) electrons. The van der Waals surface area contributed by atoms with Crippen LogP contribution in [0.25, 0.3) is 0 Å². The number of fused-ring (bicyclic) bond motifs is 1. The Morgan fingerprint density at radius 2 is 1.70 bits per heavy atom. The fourth-order valence-corrected chi connectivity index (χ4v) is 8.51. The summed E-state index contributed by atoms with van der Waals surface area (Å²) in [5.41, 5.74) is -1.81. The number of amides is 1. The van der Waals surface area contributed by atoms with Gasteiger partial charge in [-0.1, -0.05) is 62.4 Å². The van der Waals surface area contributed by atoms with E-state index < -0.39 is 40.5 Å². The lowest BCUT2D eigenvalue weighted by Crippen LogP contribution is -2.57. The largest absolute Gasteiger partial charge is 0.465 e. The maximum absolute atomic E-state index is 13.4. The summed E-state index contributed by atoms with van der Waals surface area (Å²) in [6, 6.07) is 16.4. The molecule has 3 aliphatic carbocycles. The lowest BCUT2D eigenvalue weighted by molar-refractivity contribution is -0.173. The van der Waals surface area contributed by atoms with E-state index in [1.54, 1.807) is 61.5 Å². The second-order valence-electron chi connectivity index (χ2n) is 13.2. The average molecular weight is 548 g/mol. The van der Waals surface area contributed by atoms with E-state index in [1.165, 1.54) is 0 Å². The summed E-state index contributed by atoms with van der Waals surface area (Å²) in [5.74, 6) is -1.89. The van der Waals surface area contributed by atoms with Crippen molar-refractivity contribution in [2.75, 3.05) is 13.2 Å². The van der Waals surface area contributed by atoms with Crippen LogP contribution in [0.1, 0.15) is 62.0 Å². The Hall–Kier alpha value is -3.23. The second-order valence-corrected chi connectivity index (χ2v) is 13.2. The molecular formula is C32H37NO7. The minimum absolute atomic E-state index is 0.00967. The highest BCUT2D eigenvalue weighted by molar-refractivity contribution is 5.95. The van der Waals surface area contributed by atoms with Crippen LogP contribution in [-0.4, -0.2) is 53.0 Å². The van der Waals surface area contributed by atoms with Gasteiger partial charge in [-0.2, -0.15) is 0 Å². The summed E-state index contributed by atoms with van der Waals surface area (Å²) in [4.78, 5) is 39.4. The van der Waals surface area contributed by atoms with E-state index in [0.717, 1.165) is 12.8 Å². The molecule has 3 N–H and O–H groups in total. The van der Waals surface area contributed by atoms with Crippen LogP contribution >= 0.6 is 0 Å². The minimum atomic E-state index is -1.65. The van der Waals surface area contributed by atoms with Crippen molar-refractivity contribution in [1.82, 2.24) is 5.32 Å². The van der Waals surface area contributed by atoms with E-state index in [4.69, 9.17) is 9.47 Å². The zero-order chi connectivity index (χ0) is 28.5. The van der Waals surface area contributed by atoms with Crippen molar-refractivity contribution < 1.29 is 34.1 Å². The number of ether oxygens (including phenoxy) is 2. The molecule has 8 heteroatoms. The first-order valence-electron chi connectivity index (χ1n) is 14.1. The zero-order valence-corrected chi connectivity index (χ0v) is 23.1. The molecular weight excluding hydrogens is 510 g/mol. The second kappa shape index (κ2) is 9.14. The number of aliphatic hydroxyl groups excluding tert-OH is 1. The van der Waals surface area contributed by atoms with E-state index in [9.17, 15) is 24.6 Å². The highest BCUT2D eigenvalue weighted by Gasteiger charge is 2.90. The summed E-state index contributed by atoms with van der Waals surface area (Å²) in [6.45, 7) is 6.34. The minimum Gasteiger partial charge on any atom is -0.465 e. The Morgan fingerprint density at radius 1 is 1.05 bits per heavy atom. The van der Waals surface area contributed by atoms with Gasteiger partial charge < -0.3 is 25.0 Å². The van der Waals surface area contributed by atoms with Crippen molar-refractivity contribution in [2.45, 2.75) is 57.8 Å². The Kier molecular flexibility index (Phi) is 6.16. The standard InChI is InChI=1S/C32H37NO7/c1-29(2)14-21-22(15-29)30(3,38)32-17-31(32,18-40-28(32)37)23(21)16-39-27(36)25(34)24(19-10-6-4-7-11-19)33-26(35)20-12-8-5-9-13-20/h4-13,21-25,34,38H,14-18H2,1-3H3,(H,33,35)/t21-,22+,23+,24+,25-,30-,31-,32+/m1/s1. The molecule has 8 atom stereocenters. The van der Waals surface area contributed by atoms with Crippen molar-refractivity contribution in [3.63, 3.8) is 0 Å². The molecule has 2 aromatic carbocycles. The molecule has 1 saturated heterocycles. The van der Waals surface area contributed by atoms with Crippen LogP contribution in [0, 0.1) is 34.0 Å². The van der Waals surface area contributed by atoms with Gasteiger partial charge in [0.05, 0.1) is 24.9 Å². The van der Waals surface area contributed by atoms with Crippen molar-refractivity contribution >= 4 is 17.8 Å². The van der Waals surface area contributed by atoms with E-state index >= 15 is 0 Å². The van der Waals surface area contributed by atoms with E-state index in [0.29, 0.717) is 17.5 Å². The molecule has 1 amide bonds. The predicted molar refractivity (Wildman–Crippen MR) is 145 cm³/mol. The molecule has 40 heavy (non-hydrogen) atoms. The summed E-state index contributed by atoms with van der Waals surface area (Å²) >= 11 is 0. The summed E-state index contributed by atoms with van der Waals surface area (Å²) in [6.07, 6.45) is 0.471. The Morgan fingerprint density at radius 3 is 2.38 bits per heavy atom. The monoisotopic (exact) mass is 547 g/mol. The lowest BCUT2D eigenvalue weighted by atomic mass is 9.57. The molecule has 6 rings (SSSR count). The van der Waals surface area contributed by atoms with Crippen LogP contribution in [-0.2, 0) is 19.1 Å². The zero-order valence-electron chi connectivity index (χ0n) is 23.1.